The van der Waals surface area contributed by atoms with Gasteiger partial charge in [0.15, 0.2) is 0 Å². The van der Waals surface area contributed by atoms with E-state index in [2.05, 4.69) is 0 Å². The molecule has 0 radical (unpaired) electrons. The number of nitro groups is 2. The third kappa shape index (κ3) is 9.45. The second kappa shape index (κ2) is 14.9. The fraction of sp³-hybridized carbons (Fsp3) is 0.568. The number of hydrogen-bond acceptors (Lipinski definition) is 11. The molecule has 2 aromatic rings. The van der Waals surface area contributed by atoms with Crippen molar-refractivity contribution in [2.24, 2.45) is 0 Å². The molecule has 0 N–H and O–H groups in total. The standard InChI is InChI=1S/C17H22BNO5.C11H10INO3.C9H19BO3/c1-15(2)10-9-11-13(22-15)8-7-12(14(11)19(20)21)18-23-16(3,4)17(5,6)24-18;1-11(2)6-5-7-9(16-11)4-3-8(12)10(7)13(14)15;1-7(2)11-10-12-8(3,4)9(5,6)13-10/h7-10H,1-6H3;3-6H,1-2H3;7H,1-6H3. The second-order valence-electron chi connectivity index (χ2n) is 16.6. The maximum atomic E-state index is 11.7. The van der Waals surface area contributed by atoms with E-state index in [1.54, 1.807) is 36.4 Å². The van der Waals surface area contributed by atoms with E-state index >= 15 is 0 Å². The normalized spacial score (nSPS) is 21.6. The van der Waals surface area contributed by atoms with Gasteiger partial charge in [0.25, 0.3) is 11.4 Å². The van der Waals surface area contributed by atoms with E-state index < -0.39 is 41.8 Å². The minimum atomic E-state index is -0.788. The highest BCUT2D eigenvalue weighted by molar-refractivity contribution is 14.1. The van der Waals surface area contributed by atoms with Gasteiger partial charge in [-0.3, -0.25) is 20.2 Å². The van der Waals surface area contributed by atoms with Crippen molar-refractivity contribution in [1.29, 1.82) is 0 Å². The quantitative estimate of drug-likeness (QED) is 0.123. The zero-order chi connectivity index (χ0) is 40.1. The molecule has 0 amide bonds. The lowest BCUT2D eigenvalue weighted by Crippen LogP contribution is -2.41. The highest BCUT2D eigenvalue weighted by atomic mass is 127. The minimum Gasteiger partial charge on any atom is -0.483 e. The number of nitro benzene ring substituents is 2. The molecule has 2 aromatic carbocycles. The average molecular weight is 848 g/mol. The van der Waals surface area contributed by atoms with Gasteiger partial charge >= 0.3 is 14.4 Å². The number of hydrogen-bond donors (Lipinski definition) is 0. The van der Waals surface area contributed by atoms with Gasteiger partial charge in [0, 0.05) is 6.10 Å². The number of rotatable bonds is 5. The van der Waals surface area contributed by atoms with Gasteiger partial charge in [-0.2, -0.15) is 0 Å². The molecular weight excluding hydrogens is 797 g/mol. The summed E-state index contributed by atoms with van der Waals surface area (Å²) in [6.45, 7) is 27.3. The fourth-order valence-corrected chi connectivity index (χ4v) is 6.16. The third-order valence-corrected chi connectivity index (χ3v) is 10.7. The first-order chi connectivity index (χ1) is 24.1. The Bertz CT molecular complexity index is 1770. The van der Waals surface area contributed by atoms with E-state index in [1.165, 1.54) is 0 Å². The highest BCUT2D eigenvalue weighted by Gasteiger charge is 2.54. The summed E-state index contributed by atoms with van der Waals surface area (Å²) in [6.07, 6.45) is 7.27. The molecular formula is C37H51B2IN2O11. The van der Waals surface area contributed by atoms with Gasteiger partial charge in [-0.25, -0.2) is 0 Å². The molecule has 6 rings (SSSR count). The van der Waals surface area contributed by atoms with Crippen molar-refractivity contribution in [3.05, 3.63) is 71.3 Å². The summed E-state index contributed by atoms with van der Waals surface area (Å²) in [5, 5.41) is 22.7. The van der Waals surface area contributed by atoms with Crippen LogP contribution in [0.1, 0.15) is 108 Å². The Morgan fingerprint density at radius 1 is 0.642 bits per heavy atom. The van der Waals surface area contributed by atoms with Crippen LogP contribution in [-0.2, 0) is 23.3 Å². The van der Waals surface area contributed by atoms with Crippen molar-refractivity contribution in [3.63, 3.8) is 0 Å². The van der Waals surface area contributed by atoms with E-state index in [0.29, 0.717) is 31.7 Å². The molecule has 0 aromatic heterocycles. The van der Waals surface area contributed by atoms with Crippen LogP contribution >= 0.6 is 22.6 Å². The Labute approximate surface area is 326 Å². The Morgan fingerprint density at radius 3 is 1.45 bits per heavy atom. The number of fused-ring (bicyclic) bond motifs is 2. The van der Waals surface area contributed by atoms with E-state index in [0.717, 1.165) is 0 Å². The van der Waals surface area contributed by atoms with Crippen molar-refractivity contribution in [1.82, 2.24) is 0 Å². The predicted octanol–water partition coefficient (Wildman–Crippen LogP) is 8.46. The number of ether oxygens (including phenoxy) is 2. The highest BCUT2D eigenvalue weighted by Crippen LogP contribution is 2.42. The first-order valence-corrected chi connectivity index (χ1v) is 18.6. The lowest BCUT2D eigenvalue weighted by molar-refractivity contribution is -0.386. The molecule has 288 valence electrons. The topological polar surface area (TPSA) is 151 Å². The summed E-state index contributed by atoms with van der Waals surface area (Å²) < 4.78 is 40.8. The Kier molecular flexibility index (Phi) is 12.0. The number of halogens is 1. The van der Waals surface area contributed by atoms with Gasteiger partial charge in [-0.1, -0.05) is 6.07 Å². The largest absolute Gasteiger partial charge is 0.640 e. The van der Waals surface area contributed by atoms with Crippen LogP contribution in [0.4, 0.5) is 11.4 Å². The summed E-state index contributed by atoms with van der Waals surface area (Å²) >= 11 is 1.96. The van der Waals surface area contributed by atoms with Gasteiger partial charge in [-0.05, 0) is 162 Å². The summed E-state index contributed by atoms with van der Waals surface area (Å²) in [6, 6.07) is 6.88. The molecule has 4 aliphatic heterocycles. The van der Waals surface area contributed by atoms with Gasteiger partial charge in [0.1, 0.15) is 22.7 Å². The first-order valence-electron chi connectivity index (χ1n) is 17.5. The van der Waals surface area contributed by atoms with Gasteiger partial charge < -0.3 is 32.7 Å². The average Bonchev–Trinajstić information content (AvgIpc) is 3.33. The molecule has 0 saturated carbocycles. The van der Waals surface area contributed by atoms with Crippen LogP contribution in [-0.4, -0.2) is 64.0 Å². The fourth-order valence-electron chi connectivity index (χ4n) is 5.49. The van der Waals surface area contributed by atoms with Crippen molar-refractivity contribution >= 4 is 66.0 Å². The van der Waals surface area contributed by atoms with E-state index in [1.807, 2.05) is 132 Å². The van der Waals surface area contributed by atoms with Crippen LogP contribution in [0, 0.1) is 23.8 Å². The van der Waals surface area contributed by atoms with Crippen LogP contribution in [0.3, 0.4) is 0 Å². The molecule has 2 saturated heterocycles. The summed E-state index contributed by atoms with van der Waals surface area (Å²) in [5.41, 5.74) is -1.12. The van der Waals surface area contributed by atoms with Crippen LogP contribution < -0.4 is 14.9 Å². The van der Waals surface area contributed by atoms with E-state index in [-0.39, 0.29) is 33.6 Å². The molecule has 0 unspecified atom stereocenters. The minimum absolute atomic E-state index is 0.0299. The number of nitrogens with zero attached hydrogens (tertiary/aromatic N) is 2. The zero-order valence-corrected chi connectivity index (χ0v) is 35.3. The summed E-state index contributed by atoms with van der Waals surface area (Å²) in [5.74, 6) is 1.06. The molecule has 0 spiro atoms. The van der Waals surface area contributed by atoms with Crippen LogP contribution in [0.2, 0.25) is 0 Å². The molecule has 2 fully saturated rings. The molecule has 13 nitrogen and oxygen atoms in total. The molecule has 16 heteroatoms. The summed E-state index contributed by atoms with van der Waals surface area (Å²) in [4.78, 5) is 21.9. The molecule has 53 heavy (non-hydrogen) atoms. The smallest absolute Gasteiger partial charge is 0.483 e. The van der Waals surface area contributed by atoms with Crippen molar-refractivity contribution in [2.45, 2.75) is 137 Å². The molecule has 4 heterocycles. The van der Waals surface area contributed by atoms with Crippen molar-refractivity contribution in [2.75, 3.05) is 0 Å². The Morgan fingerprint density at radius 2 is 1.04 bits per heavy atom. The van der Waals surface area contributed by atoms with Crippen molar-refractivity contribution < 1.29 is 42.6 Å². The summed E-state index contributed by atoms with van der Waals surface area (Å²) in [7, 11) is -1.31. The van der Waals surface area contributed by atoms with E-state index in [4.69, 9.17) is 32.7 Å². The molecule has 0 bridgehead atoms. The predicted molar refractivity (Wildman–Crippen MR) is 214 cm³/mol. The van der Waals surface area contributed by atoms with Crippen LogP contribution in [0.15, 0.2) is 36.4 Å². The second-order valence-corrected chi connectivity index (χ2v) is 17.8. The first kappa shape index (κ1) is 42.7. The number of benzene rings is 2. The third-order valence-electron chi connectivity index (χ3n) is 9.87. The van der Waals surface area contributed by atoms with Gasteiger partial charge in [0.05, 0.1) is 52.4 Å². The van der Waals surface area contributed by atoms with Crippen molar-refractivity contribution in [3.8, 4) is 11.5 Å². The lowest BCUT2D eigenvalue weighted by Gasteiger charge is -2.32. The SMILES string of the molecule is CC(C)OB1OC(C)(C)C(C)(C)O1.CC1(C)C=Cc2c(ccc(B3OC(C)(C)C(C)(C)O3)c2[N+](=O)[O-])O1.CC1(C)C=Cc2c(ccc(I)c2[N+](=O)[O-])O1. The maximum Gasteiger partial charge on any atom is 0.640 e. The maximum absolute atomic E-state index is 11.7. The zero-order valence-electron chi connectivity index (χ0n) is 33.1. The van der Waals surface area contributed by atoms with Crippen LogP contribution in [0.5, 0.6) is 11.5 Å². The van der Waals surface area contributed by atoms with E-state index in [9.17, 15) is 20.2 Å². The molecule has 0 aliphatic carbocycles. The molecule has 4 aliphatic rings. The Balaban J connectivity index is 0.000000188. The van der Waals surface area contributed by atoms with Gasteiger partial charge in [-0.15, -0.1) is 0 Å². The Hall–Kier alpha value is -3.02. The lowest BCUT2D eigenvalue weighted by atomic mass is 9.76. The van der Waals surface area contributed by atoms with Gasteiger partial charge in [0.2, 0.25) is 0 Å². The molecule has 0 atom stereocenters. The van der Waals surface area contributed by atoms with Crippen LogP contribution in [0.25, 0.3) is 12.2 Å². The monoisotopic (exact) mass is 848 g/mol.